The van der Waals surface area contributed by atoms with Gasteiger partial charge in [0.05, 0.1) is 10.4 Å². The maximum absolute atomic E-state index is 9.13. The number of piperazine rings is 1. The summed E-state index contributed by atoms with van der Waals surface area (Å²) < 4.78 is 0.856. The van der Waals surface area contributed by atoms with Crippen molar-refractivity contribution in [1.82, 2.24) is 9.80 Å². The molecule has 0 saturated carbocycles. The summed E-state index contributed by atoms with van der Waals surface area (Å²) in [5.41, 5.74) is -0.349. The molecule has 1 aliphatic heterocycles. The number of nitrogens with zero attached hydrogens (tertiary/aromatic N) is 3. The summed E-state index contributed by atoms with van der Waals surface area (Å²) in [7, 11) is 0. The molecule has 0 aromatic carbocycles. The molecule has 0 spiro atoms. The summed E-state index contributed by atoms with van der Waals surface area (Å²) in [5, 5.41) is 9.13. The minimum atomic E-state index is -0.349. The molecule has 0 aliphatic carbocycles. The van der Waals surface area contributed by atoms with E-state index in [9.17, 15) is 0 Å². The smallest absolute Gasteiger partial charge is 0.103 e. The normalized spacial score (nSPS) is 18.8. The lowest BCUT2D eigenvalue weighted by Gasteiger charge is -2.40. The van der Waals surface area contributed by atoms with Crippen LogP contribution in [0.1, 0.15) is 18.7 Å². The van der Waals surface area contributed by atoms with Gasteiger partial charge in [0, 0.05) is 37.6 Å². The Bertz CT molecular complexity index is 441. The number of hydrogen-bond donors (Lipinski definition) is 0. The molecule has 0 atom stereocenters. The number of rotatable bonds is 3. The molecule has 0 N–H and O–H groups in total. The van der Waals surface area contributed by atoms with E-state index in [1.54, 1.807) is 11.3 Å². The second kappa shape index (κ2) is 5.58. The molecule has 0 unspecified atom stereocenters. The average Bonchev–Trinajstić information content (AvgIpc) is 2.75. The van der Waals surface area contributed by atoms with Crippen LogP contribution in [0.3, 0.4) is 0 Å². The van der Waals surface area contributed by atoms with Crippen LogP contribution in [0, 0.1) is 11.3 Å². The van der Waals surface area contributed by atoms with E-state index in [4.69, 9.17) is 16.9 Å². The Morgan fingerprint density at radius 3 is 2.50 bits per heavy atom. The maximum Gasteiger partial charge on any atom is 0.103 e. The Kier molecular flexibility index (Phi) is 4.29. The van der Waals surface area contributed by atoms with Crippen molar-refractivity contribution in [1.29, 1.82) is 5.26 Å². The molecule has 0 bridgehead atoms. The molecule has 1 aromatic rings. The molecular formula is C13H18ClN3S. The summed E-state index contributed by atoms with van der Waals surface area (Å²) in [6.07, 6.45) is 0. The Morgan fingerprint density at radius 1 is 1.33 bits per heavy atom. The average molecular weight is 284 g/mol. The fourth-order valence-electron chi connectivity index (χ4n) is 2.19. The van der Waals surface area contributed by atoms with Gasteiger partial charge in [0.25, 0.3) is 0 Å². The Hall–Kier alpha value is -0.600. The monoisotopic (exact) mass is 283 g/mol. The van der Waals surface area contributed by atoms with Gasteiger partial charge in [0.15, 0.2) is 0 Å². The van der Waals surface area contributed by atoms with Gasteiger partial charge in [-0.25, -0.2) is 0 Å². The minimum Gasteiger partial charge on any atom is -0.296 e. The van der Waals surface area contributed by atoms with Crippen LogP contribution in [0.5, 0.6) is 0 Å². The van der Waals surface area contributed by atoms with Crippen LogP contribution in [0.4, 0.5) is 0 Å². The van der Waals surface area contributed by atoms with E-state index in [-0.39, 0.29) is 5.54 Å². The summed E-state index contributed by atoms with van der Waals surface area (Å²) in [5.74, 6) is 0. The van der Waals surface area contributed by atoms with Crippen molar-refractivity contribution in [3.63, 3.8) is 0 Å². The van der Waals surface area contributed by atoms with Gasteiger partial charge in [-0.2, -0.15) is 5.26 Å². The van der Waals surface area contributed by atoms with Crippen LogP contribution >= 0.6 is 22.9 Å². The number of nitriles is 1. The van der Waals surface area contributed by atoms with Crippen LogP contribution in [-0.2, 0) is 6.54 Å². The van der Waals surface area contributed by atoms with Crippen molar-refractivity contribution in [2.24, 2.45) is 0 Å². The summed E-state index contributed by atoms with van der Waals surface area (Å²) >= 11 is 7.59. The maximum atomic E-state index is 9.13. The van der Waals surface area contributed by atoms with Crippen molar-refractivity contribution in [2.45, 2.75) is 25.9 Å². The van der Waals surface area contributed by atoms with E-state index in [2.05, 4.69) is 21.9 Å². The molecule has 1 aromatic heterocycles. The fourth-order valence-corrected chi connectivity index (χ4v) is 3.32. The first-order valence-corrected chi connectivity index (χ1v) is 7.33. The van der Waals surface area contributed by atoms with Crippen LogP contribution in [-0.4, -0.2) is 41.5 Å². The molecule has 1 fully saturated rings. The first-order valence-electron chi connectivity index (χ1n) is 6.14. The number of thiophene rings is 1. The second-order valence-electron chi connectivity index (χ2n) is 5.14. The molecule has 0 radical (unpaired) electrons. The van der Waals surface area contributed by atoms with Gasteiger partial charge in [-0.05, 0) is 26.0 Å². The molecule has 1 saturated heterocycles. The molecule has 2 heterocycles. The highest BCUT2D eigenvalue weighted by molar-refractivity contribution is 7.16. The molecule has 2 rings (SSSR count). The van der Waals surface area contributed by atoms with Gasteiger partial charge in [0.1, 0.15) is 5.54 Å². The number of halogens is 1. The standard InChI is InChI=1S/C13H18ClN3S/c1-13(2,10-15)17-7-5-16(6-8-17)9-11-3-4-12(14)18-11/h3-4H,5-9H2,1-2H3. The summed E-state index contributed by atoms with van der Waals surface area (Å²) in [6, 6.07) is 6.42. The van der Waals surface area contributed by atoms with Crippen LogP contribution in [0.25, 0.3) is 0 Å². The van der Waals surface area contributed by atoms with Crippen LogP contribution in [0.15, 0.2) is 12.1 Å². The van der Waals surface area contributed by atoms with Gasteiger partial charge in [-0.3, -0.25) is 9.80 Å². The highest BCUT2D eigenvalue weighted by Gasteiger charge is 2.29. The zero-order chi connectivity index (χ0) is 13.2. The van der Waals surface area contributed by atoms with Crippen LogP contribution in [0.2, 0.25) is 4.34 Å². The third kappa shape index (κ3) is 3.24. The highest BCUT2D eigenvalue weighted by Crippen LogP contribution is 2.23. The molecule has 0 amide bonds. The van der Waals surface area contributed by atoms with Gasteiger partial charge in [0.2, 0.25) is 0 Å². The van der Waals surface area contributed by atoms with E-state index >= 15 is 0 Å². The Labute approximate surface area is 118 Å². The molecular weight excluding hydrogens is 266 g/mol. The van der Waals surface area contributed by atoms with E-state index in [0.717, 1.165) is 37.1 Å². The van der Waals surface area contributed by atoms with Crippen molar-refractivity contribution in [2.75, 3.05) is 26.2 Å². The Balaban J connectivity index is 1.86. The first-order chi connectivity index (χ1) is 8.51. The molecule has 18 heavy (non-hydrogen) atoms. The third-order valence-electron chi connectivity index (χ3n) is 3.44. The zero-order valence-electron chi connectivity index (χ0n) is 10.8. The Morgan fingerprint density at radius 2 is 2.00 bits per heavy atom. The fraction of sp³-hybridized carbons (Fsp3) is 0.615. The summed E-state index contributed by atoms with van der Waals surface area (Å²) in [4.78, 5) is 5.99. The molecule has 3 nitrogen and oxygen atoms in total. The van der Waals surface area contributed by atoms with E-state index in [0.29, 0.717) is 0 Å². The predicted molar refractivity (Wildman–Crippen MR) is 75.9 cm³/mol. The number of hydrogen-bond acceptors (Lipinski definition) is 4. The topological polar surface area (TPSA) is 30.3 Å². The molecule has 98 valence electrons. The van der Waals surface area contributed by atoms with E-state index in [1.165, 1.54) is 4.88 Å². The van der Waals surface area contributed by atoms with Crippen molar-refractivity contribution < 1.29 is 0 Å². The highest BCUT2D eigenvalue weighted by atomic mass is 35.5. The van der Waals surface area contributed by atoms with Gasteiger partial charge in [-0.1, -0.05) is 11.6 Å². The SMILES string of the molecule is CC(C)(C#N)N1CCN(Cc2ccc(Cl)s2)CC1. The molecule has 5 heteroatoms. The van der Waals surface area contributed by atoms with Crippen molar-refractivity contribution >= 4 is 22.9 Å². The zero-order valence-corrected chi connectivity index (χ0v) is 12.4. The lowest BCUT2D eigenvalue weighted by molar-refractivity contribution is 0.0769. The van der Waals surface area contributed by atoms with Gasteiger partial charge < -0.3 is 0 Å². The van der Waals surface area contributed by atoms with Gasteiger partial charge >= 0.3 is 0 Å². The predicted octanol–water partition coefficient (Wildman–Crippen LogP) is 2.82. The lowest BCUT2D eigenvalue weighted by Crippen LogP contribution is -2.53. The molecule has 1 aliphatic rings. The van der Waals surface area contributed by atoms with E-state index in [1.807, 2.05) is 19.9 Å². The largest absolute Gasteiger partial charge is 0.296 e. The van der Waals surface area contributed by atoms with Gasteiger partial charge in [-0.15, -0.1) is 11.3 Å². The van der Waals surface area contributed by atoms with Crippen molar-refractivity contribution in [3.8, 4) is 6.07 Å². The van der Waals surface area contributed by atoms with Crippen molar-refractivity contribution in [3.05, 3.63) is 21.3 Å². The minimum absolute atomic E-state index is 0.349. The quantitative estimate of drug-likeness (QED) is 0.854. The first kappa shape index (κ1) is 13.8. The van der Waals surface area contributed by atoms with E-state index < -0.39 is 0 Å². The lowest BCUT2D eigenvalue weighted by atomic mass is 10.0. The van der Waals surface area contributed by atoms with Crippen LogP contribution < -0.4 is 0 Å². The summed E-state index contributed by atoms with van der Waals surface area (Å²) in [6.45, 7) is 8.89. The second-order valence-corrected chi connectivity index (χ2v) is 6.94. The third-order valence-corrected chi connectivity index (χ3v) is 4.66.